The third kappa shape index (κ3) is 5.48. The van der Waals surface area contributed by atoms with Gasteiger partial charge in [0.1, 0.15) is 10.8 Å². The van der Waals surface area contributed by atoms with Crippen LogP contribution in [-0.4, -0.2) is 37.7 Å². The van der Waals surface area contributed by atoms with Crippen molar-refractivity contribution < 1.29 is 17.9 Å². The Morgan fingerprint density at radius 1 is 1.19 bits per heavy atom. The molecule has 1 amide bonds. The fourth-order valence-corrected chi connectivity index (χ4v) is 4.22. The molecule has 1 aromatic heterocycles. The number of hydrogen-bond acceptors (Lipinski definition) is 7. The first-order valence-electron chi connectivity index (χ1n) is 8.01. The number of nitrogens with zero attached hydrogens (tertiary/aromatic N) is 2. The van der Waals surface area contributed by atoms with E-state index in [1.54, 1.807) is 0 Å². The summed E-state index contributed by atoms with van der Waals surface area (Å²) in [5.74, 6) is 0.472. The summed E-state index contributed by atoms with van der Waals surface area (Å²) in [7, 11) is -2.34. The number of methoxy groups -OCH3 is 1. The van der Waals surface area contributed by atoms with Crippen LogP contribution in [0.4, 0.5) is 5.13 Å². The zero-order chi connectivity index (χ0) is 19.3. The van der Waals surface area contributed by atoms with Crippen molar-refractivity contribution in [1.29, 1.82) is 0 Å². The Labute approximate surface area is 157 Å². The van der Waals surface area contributed by atoms with Crippen LogP contribution in [0.2, 0.25) is 0 Å². The summed E-state index contributed by atoms with van der Waals surface area (Å²) in [4.78, 5) is 12.3. The molecule has 1 aromatic carbocycles. The first-order valence-corrected chi connectivity index (χ1v) is 10.3. The zero-order valence-electron chi connectivity index (χ0n) is 15.0. The third-order valence-corrected chi connectivity index (χ3v) is 5.79. The molecule has 2 aromatic rings. The summed E-state index contributed by atoms with van der Waals surface area (Å²) >= 11 is 1.28. The molecule has 0 saturated carbocycles. The van der Waals surface area contributed by atoms with Crippen molar-refractivity contribution in [3.05, 3.63) is 29.3 Å². The van der Waals surface area contributed by atoms with Crippen LogP contribution in [-0.2, 0) is 21.2 Å². The predicted octanol–water partition coefficient (Wildman–Crippen LogP) is 2.05. The Kier molecular flexibility index (Phi) is 6.68. The number of sulfonamides is 1. The number of carbonyl (C=O) groups is 1. The van der Waals surface area contributed by atoms with Gasteiger partial charge in [0.2, 0.25) is 21.1 Å². The lowest BCUT2D eigenvalue weighted by Crippen LogP contribution is -2.41. The minimum Gasteiger partial charge on any atom is -0.497 e. The number of nitrogens with one attached hydrogen (secondary N) is 2. The van der Waals surface area contributed by atoms with Crippen LogP contribution < -0.4 is 14.8 Å². The van der Waals surface area contributed by atoms with Crippen LogP contribution >= 0.6 is 11.3 Å². The van der Waals surface area contributed by atoms with E-state index in [-0.39, 0.29) is 4.90 Å². The molecule has 142 valence electrons. The molecule has 0 aliphatic rings. The van der Waals surface area contributed by atoms with Gasteiger partial charge >= 0.3 is 0 Å². The normalized spacial score (nSPS) is 12.8. The molecule has 0 aliphatic heterocycles. The van der Waals surface area contributed by atoms with Crippen LogP contribution in [0.25, 0.3) is 0 Å². The van der Waals surface area contributed by atoms with Crippen molar-refractivity contribution in [2.24, 2.45) is 5.92 Å². The van der Waals surface area contributed by atoms with Gasteiger partial charge in [-0.1, -0.05) is 25.2 Å². The van der Waals surface area contributed by atoms with E-state index in [4.69, 9.17) is 4.74 Å². The van der Waals surface area contributed by atoms with Gasteiger partial charge in [-0.2, -0.15) is 4.72 Å². The van der Waals surface area contributed by atoms with Crippen LogP contribution in [0, 0.1) is 5.92 Å². The molecular formula is C16H22N4O4S2. The average Bonchev–Trinajstić information content (AvgIpc) is 3.00. The van der Waals surface area contributed by atoms with Crippen molar-refractivity contribution in [1.82, 2.24) is 14.9 Å². The van der Waals surface area contributed by atoms with Crippen LogP contribution in [0.3, 0.4) is 0 Å². The first-order chi connectivity index (χ1) is 12.2. The summed E-state index contributed by atoms with van der Waals surface area (Å²) in [6.45, 7) is 5.60. The number of hydrogen-bond donors (Lipinski definition) is 2. The predicted molar refractivity (Wildman–Crippen MR) is 99.9 cm³/mol. The van der Waals surface area contributed by atoms with Crippen LogP contribution in [0.1, 0.15) is 25.8 Å². The molecule has 0 unspecified atom stereocenters. The SMILES string of the molecule is COc1ccc(S(=O)(=O)N[C@@H](C)C(=O)Nc2nnc(CC(C)C)s2)cc1. The molecule has 26 heavy (non-hydrogen) atoms. The molecule has 0 aliphatic carbocycles. The minimum absolute atomic E-state index is 0.0492. The summed E-state index contributed by atoms with van der Waals surface area (Å²) in [6, 6.07) is 4.93. The van der Waals surface area contributed by atoms with Gasteiger partial charge in [-0.15, -0.1) is 10.2 Å². The lowest BCUT2D eigenvalue weighted by molar-refractivity contribution is -0.117. The zero-order valence-corrected chi connectivity index (χ0v) is 16.6. The number of ether oxygens (including phenoxy) is 1. The van der Waals surface area contributed by atoms with E-state index < -0.39 is 22.0 Å². The smallest absolute Gasteiger partial charge is 0.244 e. The largest absolute Gasteiger partial charge is 0.497 e. The fourth-order valence-electron chi connectivity index (χ4n) is 2.06. The Morgan fingerprint density at radius 2 is 1.85 bits per heavy atom. The lowest BCUT2D eigenvalue weighted by Gasteiger charge is -2.13. The van der Waals surface area contributed by atoms with E-state index in [2.05, 4.69) is 34.1 Å². The van der Waals surface area contributed by atoms with Gasteiger partial charge in [-0.25, -0.2) is 8.42 Å². The van der Waals surface area contributed by atoms with Crippen molar-refractivity contribution in [2.75, 3.05) is 12.4 Å². The van der Waals surface area contributed by atoms with E-state index in [1.165, 1.54) is 49.6 Å². The third-order valence-electron chi connectivity index (χ3n) is 3.37. The van der Waals surface area contributed by atoms with Crippen molar-refractivity contribution in [2.45, 2.75) is 38.1 Å². The molecule has 10 heteroatoms. The van der Waals surface area contributed by atoms with E-state index >= 15 is 0 Å². The first kappa shape index (κ1) is 20.3. The maximum Gasteiger partial charge on any atom is 0.244 e. The fraction of sp³-hybridized carbons (Fsp3) is 0.438. The highest BCUT2D eigenvalue weighted by Crippen LogP contribution is 2.19. The van der Waals surface area contributed by atoms with Gasteiger partial charge in [0.15, 0.2) is 0 Å². The van der Waals surface area contributed by atoms with E-state index in [0.29, 0.717) is 16.8 Å². The Morgan fingerprint density at radius 3 is 2.42 bits per heavy atom. The Bertz CT molecular complexity index is 847. The number of rotatable bonds is 8. The molecule has 0 fully saturated rings. The quantitative estimate of drug-likeness (QED) is 0.704. The number of anilines is 1. The van der Waals surface area contributed by atoms with E-state index in [0.717, 1.165) is 11.4 Å². The number of amides is 1. The topological polar surface area (TPSA) is 110 Å². The molecule has 2 rings (SSSR count). The summed E-state index contributed by atoms with van der Waals surface area (Å²) in [5.41, 5.74) is 0. The van der Waals surface area contributed by atoms with Crippen LogP contribution in [0.15, 0.2) is 29.2 Å². The molecule has 8 nitrogen and oxygen atoms in total. The van der Waals surface area contributed by atoms with Gasteiger partial charge in [-0.3, -0.25) is 10.1 Å². The highest BCUT2D eigenvalue weighted by molar-refractivity contribution is 7.89. The highest BCUT2D eigenvalue weighted by Gasteiger charge is 2.23. The van der Waals surface area contributed by atoms with E-state index in [1.807, 2.05) is 0 Å². The lowest BCUT2D eigenvalue weighted by atomic mass is 10.1. The van der Waals surface area contributed by atoms with Crippen molar-refractivity contribution in [3.8, 4) is 5.75 Å². The van der Waals surface area contributed by atoms with Gasteiger partial charge in [-0.05, 0) is 37.1 Å². The highest BCUT2D eigenvalue weighted by atomic mass is 32.2. The van der Waals surface area contributed by atoms with E-state index in [9.17, 15) is 13.2 Å². The molecular weight excluding hydrogens is 376 g/mol. The second-order valence-electron chi connectivity index (χ2n) is 6.11. The second-order valence-corrected chi connectivity index (χ2v) is 8.88. The van der Waals surface area contributed by atoms with Gasteiger partial charge < -0.3 is 4.74 Å². The summed E-state index contributed by atoms with van der Waals surface area (Å²) < 4.78 is 32.1. The molecule has 0 spiro atoms. The maximum absolute atomic E-state index is 12.4. The standard InChI is InChI=1S/C16H22N4O4S2/c1-10(2)9-14-18-19-16(25-14)17-15(21)11(3)20-26(22,23)13-7-5-12(24-4)6-8-13/h5-8,10-11,20H,9H2,1-4H3,(H,17,19,21)/t11-/m0/s1. The van der Waals surface area contributed by atoms with Gasteiger partial charge in [0.25, 0.3) is 0 Å². The van der Waals surface area contributed by atoms with Crippen LogP contribution in [0.5, 0.6) is 5.75 Å². The summed E-state index contributed by atoms with van der Waals surface area (Å²) in [5, 5.41) is 11.7. The Balaban J connectivity index is 1.99. The molecule has 0 bridgehead atoms. The number of benzene rings is 1. The minimum atomic E-state index is -3.83. The molecule has 0 radical (unpaired) electrons. The molecule has 1 atom stereocenters. The summed E-state index contributed by atoms with van der Waals surface area (Å²) in [6.07, 6.45) is 0.771. The average molecular weight is 399 g/mol. The number of carbonyl (C=O) groups excluding carboxylic acids is 1. The van der Waals surface area contributed by atoms with Crippen molar-refractivity contribution in [3.63, 3.8) is 0 Å². The number of aromatic nitrogens is 2. The van der Waals surface area contributed by atoms with Gasteiger partial charge in [0, 0.05) is 6.42 Å². The maximum atomic E-state index is 12.4. The Hall–Kier alpha value is -2.04. The molecule has 0 saturated heterocycles. The van der Waals surface area contributed by atoms with Crippen molar-refractivity contribution >= 4 is 32.4 Å². The molecule has 2 N–H and O–H groups in total. The second kappa shape index (κ2) is 8.56. The monoisotopic (exact) mass is 398 g/mol. The van der Waals surface area contributed by atoms with Gasteiger partial charge in [0.05, 0.1) is 18.0 Å². The molecule has 1 heterocycles.